The summed E-state index contributed by atoms with van der Waals surface area (Å²) in [5, 5.41) is 11.0. The molecule has 2 rings (SSSR count). The molecule has 1 atom stereocenters. The molecule has 2 heterocycles. The molecule has 7 nitrogen and oxygen atoms in total. The van der Waals surface area contributed by atoms with Gasteiger partial charge in [0.1, 0.15) is 0 Å². The van der Waals surface area contributed by atoms with Crippen molar-refractivity contribution in [2.24, 2.45) is 4.99 Å². The van der Waals surface area contributed by atoms with Crippen LogP contribution in [-0.4, -0.2) is 62.5 Å². The lowest BCUT2D eigenvalue weighted by Crippen LogP contribution is -2.45. The summed E-state index contributed by atoms with van der Waals surface area (Å²) in [6.45, 7) is 8.78. The molecule has 0 aromatic carbocycles. The van der Waals surface area contributed by atoms with Crippen LogP contribution in [0.4, 0.5) is 0 Å². The highest BCUT2D eigenvalue weighted by Crippen LogP contribution is 2.22. The molecule has 1 fully saturated rings. The number of aromatic nitrogens is 1. The van der Waals surface area contributed by atoms with E-state index in [1.807, 2.05) is 0 Å². The van der Waals surface area contributed by atoms with Gasteiger partial charge < -0.3 is 19.9 Å². The van der Waals surface area contributed by atoms with Crippen LogP contribution in [0, 0.1) is 0 Å². The van der Waals surface area contributed by atoms with Crippen molar-refractivity contribution in [3.05, 3.63) is 17.5 Å². The number of nitrogens with zero attached hydrogens (tertiary/aromatic N) is 3. The summed E-state index contributed by atoms with van der Waals surface area (Å²) >= 11 is 0. The zero-order chi connectivity index (χ0) is 18.8. The topological polar surface area (TPSA) is 74.9 Å². The molecule has 26 heavy (non-hydrogen) atoms. The van der Waals surface area contributed by atoms with Gasteiger partial charge in [-0.2, -0.15) is 0 Å². The molecule has 148 valence electrons. The van der Waals surface area contributed by atoms with Crippen LogP contribution < -0.4 is 10.6 Å². The van der Waals surface area contributed by atoms with Crippen LogP contribution in [0.2, 0.25) is 0 Å². The number of hydrogen-bond donors (Lipinski definition) is 2. The highest BCUT2D eigenvalue weighted by atomic mass is 16.5. The van der Waals surface area contributed by atoms with Crippen molar-refractivity contribution in [1.29, 1.82) is 0 Å². The largest absolute Gasteiger partial charge is 0.383 e. The van der Waals surface area contributed by atoms with Crippen molar-refractivity contribution in [3.63, 3.8) is 0 Å². The van der Waals surface area contributed by atoms with E-state index in [4.69, 9.17) is 9.26 Å². The average molecular weight is 366 g/mol. The van der Waals surface area contributed by atoms with E-state index in [-0.39, 0.29) is 0 Å². The Morgan fingerprint density at radius 1 is 1.42 bits per heavy atom. The van der Waals surface area contributed by atoms with Gasteiger partial charge in [-0.15, -0.1) is 0 Å². The fourth-order valence-corrected chi connectivity index (χ4v) is 3.55. The first-order valence-electron chi connectivity index (χ1n) is 9.84. The third kappa shape index (κ3) is 5.99. The molecule has 1 saturated heterocycles. The first-order valence-corrected chi connectivity index (χ1v) is 9.84. The molecular weight excluding hydrogens is 330 g/mol. The number of likely N-dealkylation sites (tertiary alicyclic amines) is 1. The highest BCUT2D eigenvalue weighted by molar-refractivity contribution is 5.79. The van der Waals surface area contributed by atoms with E-state index in [1.165, 1.54) is 12.8 Å². The Balaban J connectivity index is 1.77. The molecule has 1 aromatic rings. The Kier molecular flexibility index (Phi) is 8.91. The SMILES string of the molecule is CCC(CC)c1cc(CNC(=NC)NCC2CCCN2CCOC)on1. The molecule has 0 saturated carbocycles. The van der Waals surface area contributed by atoms with Crippen LogP contribution in [0.15, 0.2) is 15.6 Å². The van der Waals surface area contributed by atoms with Crippen LogP contribution in [-0.2, 0) is 11.3 Å². The summed E-state index contributed by atoms with van der Waals surface area (Å²) in [6, 6.07) is 2.59. The maximum atomic E-state index is 5.47. The molecule has 0 amide bonds. The average Bonchev–Trinajstić information content (AvgIpc) is 3.31. The second kappa shape index (κ2) is 11.2. The van der Waals surface area contributed by atoms with Gasteiger partial charge in [-0.25, -0.2) is 0 Å². The standard InChI is InChI=1S/C19H35N5O2/c1-5-15(6-2)18-12-17(26-23-18)14-22-19(20-3)21-13-16-8-7-9-24(16)10-11-25-4/h12,15-16H,5-11,13-14H2,1-4H3,(H2,20,21,22). The molecule has 1 aliphatic heterocycles. The minimum atomic E-state index is 0.477. The van der Waals surface area contributed by atoms with Crippen LogP contribution >= 0.6 is 0 Å². The van der Waals surface area contributed by atoms with Gasteiger partial charge in [0.2, 0.25) is 0 Å². The lowest BCUT2D eigenvalue weighted by molar-refractivity contribution is 0.141. The lowest BCUT2D eigenvalue weighted by Gasteiger charge is -2.25. The Hall–Kier alpha value is -1.60. The molecule has 0 bridgehead atoms. The van der Waals surface area contributed by atoms with Gasteiger partial charge in [0.25, 0.3) is 0 Å². The number of nitrogens with one attached hydrogen (secondary N) is 2. The minimum Gasteiger partial charge on any atom is -0.383 e. The summed E-state index contributed by atoms with van der Waals surface area (Å²) in [7, 11) is 3.55. The van der Waals surface area contributed by atoms with E-state index in [2.05, 4.69) is 45.6 Å². The first-order chi connectivity index (χ1) is 12.7. The van der Waals surface area contributed by atoms with Crippen molar-refractivity contribution in [2.45, 2.75) is 58.0 Å². The number of methoxy groups -OCH3 is 1. The van der Waals surface area contributed by atoms with E-state index in [9.17, 15) is 0 Å². The van der Waals surface area contributed by atoms with Gasteiger partial charge in [-0.3, -0.25) is 9.89 Å². The summed E-state index contributed by atoms with van der Waals surface area (Å²) < 4.78 is 10.7. The number of aliphatic imine (C=N–C) groups is 1. The van der Waals surface area contributed by atoms with E-state index in [0.717, 1.165) is 56.5 Å². The van der Waals surface area contributed by atoms with Crippen molar-refractivity contribution < 1.29 is 9.26 Å². The highest BCUT2D eigenvalue weighted by Gasteiger charge is 2.24. The lowest BCUT2D eigenvalue weighted by atomic mass is 9.99. The van der Waals surface area contributed by atoms with Crippen LogP contribution in [0.3, 0.4) is 0 Å². The summed E-state index contributed by atoms with van der Waals surface area (Å²) in [6.07, 6.45) is 4.63. The van der Waals surface area contributed by atoms with Crippen molar-refractivity contribution in [2.75, 3.05) is 40.4 Å². The maximum Gasteiger partial charge on any atom is 0.191 e. The summed E-state index contributed by atoms with van der Waals surface area (Å²) in [5.41, 5.74) is 1.05. The number of rotatable bonds is 10. The number of ether oxygens (including phenoxy) is 1. The fraction of sp³-hybridized carbons (Fsp3) is 0.789. The third-order valence-corrected chi connectivity index (χ3v) is 5.22. The Labute approximate surface area is 157 Å². The molecular formula is C19H35N5O2. The number of guanidine groups is 1. The predicted molar refractivity (Wildman–Crippen MR) is 104 cm³/mol. The molecule has 2 N–H and O–H groups in total. The normalized spacial score (nSPS) is 18.7. The van der Waals surface area contributed by atoms with Crippen molar-refractivity contribution in [1.82, 2.24) is 20.7 Å². The van der Waals surface area contributed by atoms with Crippen molar-refractivity contribution >= 4 is 5.96 Å². The molecule has 0 aliphatic carbocycles. The van der Waals surface area contributed by atoms with Gasteiger partial charge in [0.15, 0.2) is 11.7 Å². The maximum absolute atomic E-state index is 5.47. The second-order valence-corrected chi connectivity index (χ2v) is 6.86. The summed E-state index contributed by atoms with van der Waals surface area (Å²) in [5.74, 6) is 2.12. The monoisotopic (exact) mass is 365 g/mol. The van der Waals surface area contributed by atoms with Crippen molar-refractivity contribution in [3.8, 4) is 0 Å². The van der Waals surface area contributed by atoms with Crippen LogP contribution in [0.1, 0.15) is 56.9 Å². The van der Waals surface area contributed by atoms with Gasteiger partial charge in [-0.1, -0.05) is 19.0 Å². The molecule has 7 heteroatoms. The summed E-state index contributed by atoms with van der Waals surface area (Å²) in [4.78, 5) is 6.80. The molecule has 1 unspecified atom stereocenters. The Morgan fingerprint density at radius 3 is 2.92 bits per heavy atom. The van der Waals surface area contributed by atoms with E-state index in [1.54, 1.807) is 14.2 Å². The van der Waals surface area contributed by atoms with Gasteiger partial charge >= 0.3 is 0 Å². The Morgan fingerprint density at radius 2 is 2.23 bits per heavy atom. The fourth-order valence-electron chi connectivity index (χ4n) is 3.55. The smallest absolute Gasteiger partial charge is 0.191 e. The number of hydrogen-bond acceptors (Lipinski definition) is 5. The zero-order valence-corrected chi connectivity index (χ0v) is 16.8. The van der Waals surface area contributed by atoms with E-state index < -0.39 is 0 Å². The van der Waals surface area contributed by atoms with Crippen LogP contribution in [0.25, 0.3) is 0 Å². The molecule has 0 spiro atoms. The zero-order valence-electron chi connectivity index (χ0n) is 16.8. The van der Waals surface area contributed by atoms with Gasteiger partial charge in [0, 0.05) is 45.3 Å². The van der Waals surface area contributed by atoms with E-state index >= 15 is 0 Å². The van der Waals surface area contributed by atoms with Gasteiger partial charge in [-0.05, 0) is 32.2 Å². The quantitative estimate of drug-likeness (QED) is 0.490. The van der Waals surface area contributed by atoms with Crippen LogP contribution in [0.5, 0.6) is 0 Å². The predicted octanol–water partition coefficient (Wildman–Crippen LogP) is 2.35. The Bertz CT molecular complexity index is 542. The third-order valence-electron chi connectivity index (χ3n) is 5.22. The molecule has 1 aromatic heterocycles. The second-order valence-electron chi connectivity index (χ2n) is 6.86. The molecule has 0 radical (unpaired) electrons. The minimum absolute atomic E-state index is 0.477. The van der Waals surface area contributed by atoms with E-state index in [0.29, 0.717) is 18.5 Å². The van der Waals surface area contributed by atoms with Gasteiger partial charge in [0.05, 0.1) is 18.8 Å². The molecule has 1 aliphatic rings. The first kappa shape index (κ1) is 20.7.